The Labute approximate surface area is 108 Å². The summed E-state index contributed by atoms with van der Waals surface area (Å²) in [4.78, 5) is 26.0. The summed E-state index contributed by atoms with van der Waals surface area (Å²) in [5, 5.41) is 1.09. The number of aryl methyl sites for hydroxylation is 1. The van der Waals surface area contributed by atoms with E-state index in [1.54, 1.807) is 0 Å². The van der Waals surface area contributed by atoms with Crippen molar-refractivity contribution in [3.05, 3.63) is 35.5 Å². The Morgan fingerprint density at radius 1 is 1.11 bits per heavy atom. The third-order valence-corrected chi connectivity index (χ3v) is 3.81. The number of aromatic amines is 1. The fourth-order valence-corrected chi connectivity index (χ4v) is 3.02. The second-order valence-corrected chi connectivity index (χ2v) is 4.91. The minimum absolute atomic E-state index is 0.504. The third-order valence-electron chi connectivity index (χ3n) is 3.81. The Bertz CT molecular complexity index is 699. The van der Waals surface area contributed by atoms with E-state index >= 15 is 0 Å². The van der Waals surface area contributed by atoms with Crippen molar-refractivity contribution in [1.29, 1.82) is 0 Å². The van der Waals surface area contributed by atoms with Gasteiger partial charge in [0.15, 0.2) is 0 Å². The van der Waals surface area contributed by atoms with E-state index < -0.39 is 17.7 Å². The summed E-state index contributed by atoms with van der Waals surface area (Å²) in [5.74, 6) is -3.06. The number of benzene rings is 1. The van der Waals surface area contributed by atoms with Crippen LogP contribution in [0.3, 0.4) is 0 Å². The molecule has 1 fully saturated rings. The van der Waals surface area contributed by atoms with Gasteiger partial charge in [0.05, 0.1) is 0 Å². The van der Waals surface area contributed by atoms with E-state index in [0.29, 0.717) is 12.1 Å². The van der Waals surface area contributed by atoms with Crippen LogP contribution >= 0.6 is 0 Å². The molecule has 5 heteroatoms. The normalized spacial score (nSPS) is 20.4. The molecule has 0 bridgehead atoms. The van der Waals surface area contributed by atoms with E-state index in [0.717, 1.165) is 29.3 Å². The number of hydrogen-bond acceptors (Lipinski definition) is 4. The van der Waals surface area contributed by atoms with E-state index in [9.17, 15) is 9.59 Å². The number of esters is 2. The Kier molecular flexibility index (Phi) is 1.88. The molecule has 1 saturated heterocycles. The van der Waals surface area contributed by atoms with Crippen LogP contribution in [0.5, 0.6) is 0 Å². The van der Waals surface area contributed by atoms with Gasteiger partial charge >= 0.3 is 11.9 Å². The molecule has 4 rings (SSSR count). The summed E-state index contributed by atoms with van der Waals surface area (Å²) >= 11 is 0. The van der Waals surface area contributed by atoms with E-state index in [1.807, 2.05) is 24.3 Å². The largest absolute Gasteiger partial charge is 0.421 e. The number of fused-ring (bicyclic) bond motifs is 4. The van der Waals surface area contributed by atoms with Crippen molar-refractivity contribution in [2.24, 2.45) is 0 Å². The highest BCUT2D eigenvalue weighted by molar-refractivity contribution is 6.31. The van der Waals surface area contributed by atoms with Gasteiger partial charge < -0.3 is 14.5 Å². The molecular formula is C14H11NO4. The standard InChI is InChI=1S/C14H11NO4/c16-12-13(17)19-14(18-12)7-3-5-9-8-4-1-2-6-10(8)15-11(9)14/h1-2,4,6,15H,3,5,7H2. The summed E-state index contributed by atoms with van der Waals surface area (Å²) in [5.41, 5.74) is 2.75. The van der Waals surface area contributed by atoms with Crippen LogP contribution in [-0.4, -0.2) is 16.9 Å². The topological polar surface area (TPSA) is 68.4 Å². The maximum absolute atomic E-state index is 11.4. The van der Waals surface area contributed by atoms with Gasteiger partial charge in [-0.05, 0) is 24.5 Å². The first-order valence-corrected chi connectivity index (χ1v) is 6.26. The molecule has 1 aliphatic carbocycles. The van der Waals surface area contributed by atoms with Crippen molar-refractivity contribution in [1.82, 2.24) is 4.98 Å². The quantitative estimate of drug-likeness (QED) is 0.576. The predicted octanol–water partition coefficient (Wildman–Crippen LogP) is 1.76. The molecule has 0 atom stereocenters. The molecule has 0 saturated carbocycles. The van der Waals surface area contributed by atoms with Crippen LogP contribution in [0.1, 0.15) is 24.1 Å². The van der Waals surface area contributed by atoms with Gasteiger partial charge in [-0.3, -0.25) is 0 Å². The van der Waals surface area contributed by atoms with Crippen molar-refractivity contribution in [3.8, 4) is 0 Å². The monoisotopic (exact) mass is 257 g/mol. The molecule has 0 unspecified atom stereocenters. The first-order valence-electron chi connectivity index (χ1n) is 6.26. The SMILES string of the molecule is O=C1OC2(CCCc3c2[nH]c2ccccc32)OC1=O. The lowest BCUT2D eigenvalue weighted by molar-refractivity contribution is -0.190. The predicted molar refractivity (Wildman–Crippen MR) is 65.1 cm³/mol. The number of nitrogens with one attached hydrogen (secondary N) is 1. The van der Waals surface area contributed by atoms with Crippen LogP contribution in [0.4, 0.5) is 0 Å². The Morgan fingerprint density at radius 2 is 1.84 bits per heavy atom. The smallest absolute Gasteiger partial charge is 0.408 e. The average molecular weight is 257 g/mol. The number of hydrogen-bond donors (Lipinski definition) is 1. The van der Waals surface area contributed by atoms with Crippen LogP contribution < -0.4 is 0 Å². The molecule has 19 heavy (non-hydrogen) atoms. The van der Waals surface area contributed by atoms with Crippen molar-refractivity contribution >= 4 is 22.8 Å². The van der Waals surface area contributed by atoms with Crippen LogP contribution in [0.25, 0.3) is 10.9 Å². The van der Waals surface area contributed by atoms with Gasteiger partial charge in [0, 0.05) is 17.3 Å². The van der Waals surface area contributed by atoms with Gasteiger partial charge in [0.2, 0.25) is 0 Å². The summed E-state index contributed by atoms with van der Waals surface area (Å²) in [6, 6.07) is 7.87. The van der Waals surface area contributed by atoms with Crippen LogP contribution in [0, 0.1) is 0 Å². The Morgan fingerprint density at radius 3 is 2.63 bits per heavy atom. The van der Waals surface area contributed by atoms with Crippen LogP contribution in [0.2, 0.25) is 0 Å². The lowest BCUT2D eigenvalue weighted by Crippen LogP contribution is -2.32. The zero-order valence-electron chi connectivity index (χ0n) is 10.1. The van der Waals surface area contributed by atoms with E-state index in [1.165, 1.54) is 0 Å². The number of carbonyl (C=O) groups is 2. The minimum Gasteiger partial charge on any atom is -0.408 e. The molecular weight excluding hydrogens is 246 g/mol. The zero-order chi connectivity index (χ0) is 13.0. The molecule has 0 radical (unpaired) electrons. The van der Waals surface area contributed by atoms with Gasteiger partial charge in [0.25, 0.3) is 5.79 Å². The van der Waals surface area contributed by atoms with Gasteiger partial charge in [-0.15, -0.1) is 0 Å². The molecule has 1 spiro atoms. The Balaban J connectivity index is 1.96. The van der Waals surface area contributed by atoms with Crippen LogP contribution in [-0.2, 0) is 31.3 Å². The maximum Gasteiger partial charge on any atom is 0.421 e. The minimum atomic E-state index is -1.24. The fraction of sp³-hybridized carbons (Fsp3) is 0.286. The molecule has 1 N–H and O–H groups in total. The highest BCUT2D eigenvalue weighted by Gasteiger charge is 2.53. The zero-order valence-corrected chi connectivity index (χ0v) is 10.1. The summed E-state index contributed by atoms with van der Waals surface area (Å²) in [6.45, 7) is 0. The van der Waals surface area contributed by atoms with Crippen molar-refractivity contribution < 1.29 is 19.1 Å². The van der Waals surface area contributed by atoms with Gasteiger partial charge in [-0.1, -0.05) is 18.2 Å². The lowest BCUT2D eigenvalue weighted by Gasteiger charge is -2.29. The number of H-pyrrole nitrogens is 1. The van der Waals surface area contributed by atoms with Crippen molar-refractivity contribution in [2.75, 3.05) is 0 Å². The first-order chi connectivity index (χ1) is 9.20. The maximum atomic E-state index is 11.4. The highest BCUT2D eigenvalue weighted by Crippen LogP contribution is 2.44. The number of aromatic nitrogens is 1. The van der Waals surface area contributed by atoms with Crippen molar-refractivity contribution in [2.45, 2.75) is 25.0 Å². The van der Waals surface area contributed by atoms with E-state index in [-0.39, 0.29) is 0 Å². The molecule has 5 nitrogen and oxygen atoms in total. The average Bonchev–Trinajstić information content (AvgIpc) is 2.91. The molecule has 2 aromatic rings. The molecule has 96 valence electrons. The summed E-state index contributed by atoms with van der Waals surface area (Å²) < 4.78 is 10.4. The molecule has 2 heterocycles. The molecule has 1 aromatic heterocycles. The van der Waals surface area contributed by atoms with Gasteiger partial charge in [-0.2, -0.15) is 0 Å². The second kappa shape index (κ2) is 3.38. The number of ether oxygens (including phenoxy) is 2. The highest BCUT2D eigenvalue weighted by atomic mass is 16.8. The Hall–Kier alpha value is -2.30. The number of carbonyl (C=O) groups excluding carboxylic acids is 2. The number of para-hydroxylation sites is 1. The van der Waals surface area contributed by atoms with Crippen LogP contribution in [0.15, 0.2) is 24.3 Å². The van der Waals surface area contributed by atoms with Gasteiger partial charge in [0.1, 0.15) is 5.69 Å². The molecule has 0 amide bonds. The first kappa shape index (κ1) is 10.6. The molecule has 2 aliphatic rings. The second-order valence-electron chi connectivity index (χ2n) is 4.91. The molecule has 1 aromatic carbocycles. The third kappa shape index (κ3) is 1.30. The number of rotatable bonds is 0. The fourth-order valence-electron chi connectivity index (χ4n) is 3.02. The summed E-state index contributed by atoms with van der Waals surface area (Å²) in [6.07, 6.45) is 2.20. The summed E-state index contributed by atoms with van der Waals surface area (Å²) in [7, 11) is 0. The van der Waals surface area contributed by atoms with Gasteiger partial charge in [-0.25, -0.2) is 9.59 Å². The van der Waals surface area contributed by atoms with Crippen molar-refractivity contribution in [3.63, 3.8) is 0 Å². The molecule has 1 aliphatic heterocycles. The van der Waals surface area contributed by atoms with E-state index in [4.69, 9.17) is 9.47 Å². The van der Waals surface area contributed by atoms with E-state index in [2.05, 4.69) is 4.98 Å². The lowest BCUT2D eigenvalue weighted by atomic mass is 9.91.